The number of likely N-dealkylation sites (N-methyl/N-ethyl adjacent to an activating group) is 2. The zero-order valence-electron chi connectivity index (χ0n) is 25.2. The largest absolute Gasteiger partial charge is 0.482 e. The van der Waals surface area contributed by atoms with Crippen molar-refractivity contribution >= 4 is 28.9 Å². The maximum absolute atomic E-state index is 15.7. The normalized spacial score (nSPS) is 17.2. The second kappa shape index (κ2) is 14.5. The number of pyridine rings is 1. The van der Waals surface area contributed by atoms with Crippen molar-refractivity contribution in [2.75, 3.05) is 33.7 Å². The summed E-state index contributed by atoms with van der Waals surface area (Å²) in [4.78, 5) is 47.2. The predicted octanol–water partition coefficient (Wildman–Crippen LogP) is 3.63. The number of alkyl halides is 1. The minimum absolute atomic E-state index is 0.124. The molecule has 2 atom stereocenters. The van der Waals surface area contributed by atoms with Gasteiger partial charge in [-0.1, -0.05) is 24.6 Å². The Labute approximate surface area is 259 Å². The summed E-state index contributed by atoms with van der Waals surface area (Å²) in [5, 5.41) is 5.26. The molecule has 0 saturated heterocycles. The van der Waals surface area contributed by atoms with Crippen LogP contribution in [0.5, 0.6) is 5.75 Å². The van der Waals surface area contributed by atoms with Crippen LogP contribution in [0, 0.1) is 17.7 Å². The molecule has 1 aromatic carbocycles. The number of aromatic amines is 1. The van der Waals surface area contributed by atoms with Crippen molar-refractivity contribution in [1.29, 1.82) is 0 Å². The molecule has 0 bridgehead atoms. The van der Waals surface area contributed by atoms with Gasteiger partial charge in [-0.15, -0.1) is 0 Å². The summed E-state index contributed by atoms with van der Waals surface area (Å²) in [5.41, 5.74) is -0.203. The van der Waals surface area contributed by atoms with E-state index in [0.29, 0.717) is 47.7 Å². The van der Waals surface area contributed by atoms with Gasteiger partial charge in [-0.25, -0.2) is 18.6 Å². The van der Waals surface area contributed by atoms with Crippen molar-refractivity contribution in [1.82, 2.24) is 30.4 Å². The lowest BCUT2D eigenvalue weighted by Gasteiger charge is -2.30. The van der Waals surface area contributed by atoms with Crippen LogP contribution in [0.2, 0.25) is 0 Å². The van der Waals surface area contributed by atoms with Crippen LogP contribution in [-0.2, 0) is 16.0 Å². The quantitative estimate of drug-likeness (QED) is 0.237. The molecule has 4 amide bonds. The standard InChI is InChI=1S/C33H34F2N6O4/c1-5-30(43)41(4)18-17-40(3)16-6-7-24-20-26-27(14-15-36-31(26)37-24)45-28-13-12-25(21-33(28,2)35)38-32(44)39-29(42)19-22-8-10-23(34)11-9-22/h5,8-15,20-21,28H,1,16-19H2,2-4H3,(H,36,37)(H2,38,39,42,44). The molecule has 1 aliphatic rings. The molecular weight excluding hydrogens is 582 g/mol. The summed E-state index contributed by atoms with van der Waals surface area (Å²) in [6, 6.07) is 7.92. The fourth-order valence-corrected chi connectivity index (χ4v) is 4.41. The number of nitrogens with zero attached hydrogens (tertiary/aromatic N) is 3. The lowest BCUT2D eigenvalue weighted by Crippen LogP contribution is -2.43. The van der Waals surface area contributed by atoms with Crippen LogP contribution >= 0.6 is 0 Å². The number of halogens is 2. The molecule has 0 spiro atoms. The second-order valence-electron chi connectivity index (χ2n) is 10.7. The number of carbonyl (C=O) groups excluding carboxylic acids is 3. The van der Waals surface area contributed by atoms with Gasteiger partial charge in [0.1, 0.15) is 17.2 Å². The van der Waals surface area contributed by atoms with Gasteiger partial charge in [0.2, 0.25) is 11.8 Å². The van der Waals surface area contributed by atoms with Crippen molar-refractivity contribution in [3.05, 3.63) is 96.2 Å². The highest BCUT2D eigenvalue weighted by Gasteiger charge is 2.36. The Kier molecular flexibility index (Phi) is 10.5. The summed E-state index contributed by atoms with van der Waals surface area (Å²) in [7, 11) is 3.62. The lowest BCUT2D eigenvalue weighted by molar-refractivity contribution is -0.125. The minimum atomic E-state index is -2.01. The molecule has 2 heterocycles. The smallest absolute Gasteiger partial charge is 0.325 e. The number of benzene rings is 1. The van der Waals surface area contributed by atoms with Gasteiger partial charge >= 0.3 is 6.03 Å². The number of rotatable bonds is 10. The fraction of sp³-hybridized carbons (Fsp3) is 0.273. The number of hydrogen-bond donors (Lipinski definition) is 3. The van der Waals surface area contributed by atoms with E-state index in [1.165, 1.54) is 55.5 Å². The molecule has 1 aliphatic carbocycles. The average Bonchev–Trinajstić information content (AvgIpc) is 3.41. The van der Waals surface area contributed by atoms with E-state index in [4.69, 9.17) is 4.74 Å². The van der Waals surface area contributed by atoms with Crippen LogP contribution in [0.15, 0.2) is 79.2 Å². The molecule has 3 N–H and O–H groups in total. The second-order valence-corrected chi connectivity index (χ2v) is 10.7. The Hall–Kier alpha value is -5.28. The Balaban J connectivity index is 1.33. The number of nitrogens with one attached hydrogen (secondary N) is 3. The Morgan fingerprint density at radius 3 is 2.67 bits per heavy atom. The molecule has 0 aliphatic heterocycles. The van der Waals surface area contributed by atoms with E-state index in [-0.39, 0.29) is 18.0 Å². The van der Waals surface area contributed by atoms with Gasteiger partial charge in [-0.05, 0) is 74.0 Å². The first kappa shape index (κ1) is 32.6. The Bertz CT molecular complexity index is 1700. The number of allylic oxidation sites excluding steroid dienone is 1. The van der Waals surface area contributed by atoms with Crippen molar-refractivity contribution in [3.8, 4) is 17.6 Å². The number of urea groups is 1. The number of carbonyl (C=O) groups is 3. The van der Waals surface area contributed by atoms with Gasteiger partial charge in [0.25, 0.3) is 0 Å². The SMILES string of the molecule is C=CC(=O)N(C)CCN(C)CC#Cc1cc2c(OC3C=CC(NC(=O)NC(=O)Cc4ccc(F)cc4)=CC3(C)F)ccnc2[nH]1. The first-order valence-corrected chi connectivity index (χ1v) is 14.1. The van der Waals surface area contributed by atoms with Gasteiger partial charge in [0, 0.05) is 32.0 Å². The topological polar surface area (TPSA) is 120 Å². The summed E-state index contributed by atoms with van der Waals surface area (Å²) >= 11 is 0. The van der Waals surface area contributed by atoms with Gasteiger partial charge in [-0.2, -0.15) is 0 Å². The van der Waals surface area contributed by atoms with Crippen molar-refractivity contribution in [2.45, 2.75) is 25.1 Å². The van der Waals surface area contributed by atoms with E-state index >= 15 is 4.39 Å². The van der Waals surface area contributed by atoms with Gasteiger partial charge in [0.15, 0.2) is 11.8 Å². The number of fused-ring (bicyclic) bond motifs is 1. The number of imide groups is 1. The number of hydrogen-bond acceptors (Lipinski definition) is 6. The number of amides is 4. The molecule has 2 unspecified atom stereocenters. The van der Waals surface area contributed by atoms with E-state index in [2.05, 4.69) is 39.0 Å². The molecule has 45 heavy (non-hydrogen) atoms. The van der Waals surface area contributed by atoms with Crippen LogP contribution in [0.3, 0.4) is 0 Å². The fourth-order valence-electron chi connectivity index (χ4n) is 4.41. The van der Waals surface area contributed by atoms with Crippen molar-refractivity contribution in [3.63, 3.8) is 0 Å². The maximum atomic E-state index is 15.7. The van der Waals surface area contributed by atoms with Gasteiger partial charge in [0.05, 0.1) is 24.0 Å². The summed E-state index contributed by atoms with van der Waals surface area (Å²) < 4.78 is 34.8. The minimum Gasteiger partial charge on any atom is -0.482 e. The molecule has 2 aromatic heterocycles. The third-order valence-corrected chi connectivity index (χ3v) is 6.92. The Morgan fingerprint density at radius 1 is 1.20 bits per heavy atom. The van der Waals surface area contributed by atoms with E-state index in [0.717, 1.165) is 0 Å². The molecule has 0 fully saturated rings. The molecular formula is C33H34F2N6O4. The van der Waals surface area contributed by atoms with Crippen molar-refractivity contribution < 1.29 is 27.9 Å². The third-order valence-electron chi connectivity index (χ3n) is 6.92. The van der Waals surface area contributed by atoms with Crippen LogP contribution < -0.4 is 15.4 Å². The number of ether oxygens (including phenoxy) is 1. The van der Waals surface area contributed by atoms with Crippen LogP contribution in [0.25, 0.3) is 11.0 Å². The summed E-state index contributed by atoms with van der Waals surface area (Å²) in [6.45, 7) is 6.45. The summed E-state index contributed by atoms with van der Waals surface area (Å²) in [5.74, 6) is 5.38. The highest BCUT2D eigenvalue weighted by atomic mass is 19.1. The lowest BCUT2D eigenvalue weighted by atomic mass is 9.94. The number of aromatic nitrogens is 2. The third kappa shape index (κ3) is 9.11. The molecule has 0 saturated carbocycles. The van der Waals surface area contributed by atoms with E-state index < -0.39 is 29.5 Å². The van der Waals surface area contributed by atoms with Crippen molar-refractivity contribution in [2.24, 2.45) is 0 Å². The molecule has 10 nitrogen and oxygen atoms in total. The molecule has 234 valence electrons. The van der Waals surface area contributed by atoms with E-state index in [1.54, 1.807) is 30.3 Å². The maximum Gasteiger partial charge on any atom is 0.325 e. The first-order valence-electron chi connectivity index (χ1n) is 14.1. The van der Waals surface area contributed by atoms with E-state index in [1.807, 2.05) is 11.9 Å². The highest BCUT2D eigenvalue weighted by molar-refractivity contribution is 5.96. The Morgan fingerprint density at radius 2 is 1.96 bits per heavy atom. The average molecular weight is 617 g/mol. The molecule has 3 aromatic rings. The number of H-pyrrole nitrogens is 1. The monoisotopic (exact) mass is 616 g/mol. The molecule has 4 rings (SSSR count). The zero-order valence-corrected chi connectivity index (χ0v) is 25.2. The van der Waals surface area contributed by atoms with Gasteiger partial charge in [-0.3, -0.25) is 19.8 Å². The molecule has 12 heteroatoms. The molecule has 0 radical (unpaired) electrons. The van der Waals surface area contributed by atoms with E-state index in [9.17, 15) is 18.8 Å². The van der Waals surface area contributed by atoms with Crippen LogP contribution in [-0.4, -0.2) is 83.1 Å². The predicted molar refractivity (Wildman–Crippen MR) is 166 cm³/mol. The van der Waals surface area contributed by atoms with Crippen LogP contribution in [0.1, 0.15) is 18.2 Å². The highest BCUT2D eigenvalue weighted by Crippen LogP contribution is 2.32. The summed E-state index contributed by atoms with van der Waals surface area (Å²) in [6.07, 6.45) is 5.84. The first-order chi connectivity index (χ1) is 21.4. The van der Waals surface area contributed by atoms with Crippen LogP contribution in [0.4, 0.5) is 13.6 Å². The zero-order chi connectivity index (χ0) is 32.6. The van der Waals surface area contributed by atoms with Gasteiger partial charge < -0.3 is 19.9 Å².